The van der Waals surface area contributed by atoms with Gasteiger partial charge in [0.15, 0.2) is 0 Å². The number of halogens is 1. The minimum atomic E-state index is 0.336. The van der Waals surface area contributed by atoms with E-state index in [0.29, 0.717) is 13.0 Å². The molecule has 80 valence electrons. The second-order valence-corrected chi connectivity index (χ2v) is 3.87. The monoisotopic (exact) mass is 231 g/mol. The number of nitrogens with zero attached hydrogens (tertiary/aromatic N) is 3. The highest BCUT2D eigenvalue weighted by atomic mass is 35.5. The van der Waals surface area contributed by atoms with Crippen LogP contribution in [-0.4, -0.2) is 9.55 Å². The molecule has 2 aromatic rings. The van der Waals surface area contributed by atoms with Crippen LogP contribution in [0.3, 0.4) is 0 Å². The Labute approximate surface area is 98.9 Å². The lowest BCUT2D eigenvalue weighted by Gasteiger charge is -2.03. The maximum Gasteiger partial charge on any atom is 0.113 e. The van der Waals surface area contributed by atoms with Crippen LogP contribution in [0, 0.1) is 11.3 Å². The van der Waals surface area contributed by atoms with Gasteiger partial charge in [0, 0.05) is 23.8 Å². The first-order chi connectivity index (χ1) is 7.79. The van der Waals surface area contributed by atoms with E-state index < -0.39 is 0 Å². The molecule has 16 heavy (non-hydrogen) atoms. The fourth-order valence-electron chi connectivity index (χ4n) is 1.51. The number of hydrogen-bond donors (Lipinski definition) is 0. The summed E-state index contributed by atoms with van der Waals surface area (Å²) >= 11 is 5.81. The van der Waals surface area contributed by atoms with Crippen LogP contribution in [0.2, 0.25) is 5.02 Å². The Hall–Kier alpha value is -1.79. The van der Waals surface area contributed by atoms with Crippen molar-refractivity contribution in [2.24, 2.45) is 0 Å². The maximum atomic E-state index is 8.65. The summed E-state index contributed by atoms with van der Waals surface area (Å²) in [6, 6.07) is 9.75. The fourth-order valence-corrected chi connectivity index (χ4v) is 1.64. The van der Waals surface area contributed by atoms with Gasteiger partial charge in [-0.2, -0.15) is 5.26 Å². The summed E-state index contributed by atoms with van der Waals surface area (Å²) in [4.78, 5) is 4.23. The van der Waals surface area contributed by atoms with Gasteiger partial charge in [0.1, 0.15) is 12.4 Å². The molecule has 0 unspecified atom stereocenters. The first-order valence-electron chi connectivity index (χ1n) is 4.91. The van der Waals surface area contributed by atoms with E-state index >= 15 is 0 Å². The normalized spacial score (nSPS) is 10.0. The molecule has 0 saturated heterocycles. The zero-order valence-corrected chi connectivity index (χ0v) is 9.35. The second-order valence-electron chi connectivity index (χ2n) is 3.43. The summed E-state index contributed by atoms with van der Waals surface area (Å²) in [5.41, 5.74) is 1.13. The molecule has 0 atom stereocenters. The van der Waals surface area contributed by atoms with E-state index in [1.54, 1.807) is 6.20 Å². The SMILES string of the molecule is N#CCn1ccnc1Cc1ccc(Cl)cc1. The van der Waals surface area contributed by atoms with E-state index in [-0.39, 0.29) is 0 Å². The molecule has 0 bridgehead atoms. The highest BCUT2D eigenvalue weighted by molar-refractivity contribution is 6.30. The first kappa shape index (κ1) is 10.7. The van der Waals surface area contributed by atoms with Gasteiger partial charge in [-0.3, -0.25) is 0 Å². The lowest BCUT2D eigenvalue weighted by molar-refractivity contribution is 0.765. The molecule has 1 aromatic carbocycles. The predicted molar refractivity (Wildman–Crippen MR) is 62.1 cm³/mol. The Morgan fingerprint density at radius 3 is 2.75 bits per heavy atom. The lowest BCUT2D eigenvalue weighted by Crippen LogP contribution is -2.02. The van der Waals surface area contributed by atoms with Crippen molar-refractivity contribution in [3.63, 3.8) is 0 Å². The summed E-state index contributed by atoms with van der Waals surface area (Å²) in [5.74, 6) is 0.892. The number of nitriles is 1. The van der Waals surface area contributed by atoms with E-state index in [1.165, 1.54) is 0 Å². The molecule has 0 aliphatic heterocycles. The van der Waals surface area contributed by atoms with Crippen molar-refractivity contribution in [3.05, 3.63) is 53.1 Å². The van der Waals surface area contributed by atoms with Gasteiger partial charge < -0.3 is 4.57 Å². The molecular formula is C12H10ClN3. The van der Waals surface area contributed by atoms with E-state index in [2.05, 4.69) is 11.1 Å². The third-order valence-corrected chi connectivity index (χ3v) is 2.57. The van der Waals surface area contributed by atoms with Crippen molar-refractivity contribution in [3.8, 4) is 6.07 Å². The minimum Gasteiger partial charge on any atom is -0.321 e. The Bertz CT molecular complexity index is 508. The first-order valence-corrected chi connectivity index (χ1v) is 5.29. The van der Waals surface area contributed by atoms with Crippen molar-refractivity contribution < 1.29 is 0 Å². The van der Waals surface area contributed by atoms with Crippen molar-refractivity contribution in [2.45, 2.75) is 13.0 Å². The molecular weight excluding hydrogens is 222 g/mol. The molecule has 0 spiro atoms. The molecule has 0 saturated carbocycles. The van der Waals surface area contributed by atoms with Crippen LogP contribution in [0.1, 0.15) is 11.4 Å². The summed E-state index contributed by atoms with van der Waals surface area (Å²) in [7, 11) is 0. The fraction of sp³-hybridized carbons (Fsp3) is 0.167. The Balaban J connectivity index is 2.17. The number of aromatic nitrogens is 2. The van der Waals surface area contributed by atoms with E-state index in [4.69, 9.17) is 16.9 Å². The molecule has 0 radical (unpaired) electrons. The maximum absolute atomic E-state index is 8.65. The molecule has 1 heterocycles. The summed E-state index contributed by atoms with van der Waals surface area (Å²) in [6.45, 7) is 0.336. The Morgan fingerprint density at radius 1 is 1.31 bits per heavy atom. The van der Waals surface area contributed by atoms with Gasteiger partial charge in [-0.15, -0.1) is 0 Å². The second kappa shape index (κ2) is 4.82. The van der Waals surface area contributed by atoms with Gasteiger partial charge in [-0.05, 0) is 17.7 Å². The molecule has 3 nitrogen and oxygen atoms in total. The molecule has 0 aliphatic carbocycles. The number of imidazole rings is 1. The van der Waals surface area contributed by atoms with Crippen molar-refractivity contribution in [1.29, 1.82) is 5.26 Å². The van der Waals surface area contributed by atoms with Crippen LogP contribution >= 0.6 is 11.6 Å². The van der Waals surface area contributed by atoms with Crippen LogP contribution in [-0.2, 0) is 13.0 Å². The quantitative estimate of drug-likeness (QED) is 0.815. The molecule has 0 amide bonds. The molecule has 0 N–H and O–H groups in total. The van der Waals surface area contributed by atoms with Gasteiger partial charge >= 0.3 is 0 Å². The zero-order valence-electron chi connectivity index (χ0n) is 8.60. The average molecular weight is 232 g/mol. The van der Waals surface area contributed by atoms with Crippen molar-refractivity contribution >= 4 is 11.6 Å². The number of benzene rings is 1. The van der Waals surface area contributed by atoms with E-state index in [9.17, 15) is 0 Å². The molecule has 2 rings (SSSR count). The third-order valence-electron chi connectivity index (χ3n) is 2.32. The smallest absolute Gasteiger partial charge is 0.113 e. The van der Waals surface area contributed by atoms with Gasteiger partial charge in [0.2, 0.25) is 0 Å². The largest absolute Gasteiger partial charge is 0.321 e. The number of rotatable bonds is 3. The lowest BCUT2D eigenvalue weighted by atomic mass is 10.1. The molecule has 0 aliphatic rings. The van der Waals surface area contributed by atoms with Gasteiger partial charge in [-0.25, -0.2) is 4.98 Å². The minimum absolute atomic E-state index is 0.336. The zero-order chi connectivity index (χ0) is 11.4. The van der Waals surface area contributed by atoms with Crippen molar-refractivity contribution in [1.82, 2.24) is 9.55 Å². The van der Waals surface area contributed by atoms with E-state index in [1.807, 2.05) is 35.0 Å². The van der Waals surface area contributed by atoms with Crippen molar-refractivity contribution in [2.75, 3.05) is 0 Å². The molecule has 4 heteroatoms. The number of hydrogen-bond acceptors (Lipinski definition) is 2. The van der Waals surface area contributed by atoms with Gasteiger partial charge in [-0.1, -0.05) is 23.7 Å². The van der Waals surface area contributed by atoms with Crippen LogP contribution in [0.15, 0.2) is 36.7 Å². The Morgan fingerprint density at radius 2 is 2.06 bits per heavy atom. The standard InChI is InChI=1S/C12H10ClN3/c13-11-3-1-10(2-4-11)9-12-15-6-8-16(12)7-5-14/h1-4,6,8H,7,9H2. The van der Waals surface area contributed by atoms with Gasteiger partial charge in [0.05, 0.1) is 6.07 Å². The summed E-state index contributed by atoms with van der Waals surface area (Å²) < 4.78 is 1.84. The summed E-state index contributed by atoms with van der Waals surface area (Å²) in [5, 5.41) is 9.37. The average Bonchev–Trinajstić information content (AvgIpc) is 2.70. The Kier molecular flexibility index (Phi) is 3.23. The van der Waals surface area contributed by atoms with E-state index in [0.717, 1.165) is 16.4 Å². The predicted octanol–water partition coefficient (Wildman–Crippen LogP) is 2.65. The van der Waals surface area contributed by atoms with Gasteiger partial charge in [0.25, 0.3) is 0 Å². The summed E-state index contributed by atoms with van der Waals surface area (Å²) in [6.07, 6.45) is 4.24. The van der Waals surface area contributed by atoms with Crippen LogP contribution < -0.4 is 0 Å². The topological polar surface area (TPSA) is 41.6 Å². The van der Waals surface area contributed by atoms with Crippen LogP contribution in [0.4, 0.5) is 0 Å². The highest BCUT2D eigenvalue weighted by Crippen LogP contribution is 2.12. The molecule has 1 aromatic heterocycles. The molecule has 0 fully saturated rings. The van der Waals surface area contributed by atoms with Crippen LogP contribution in [0.25, 0.3) is 0 Å². The van der Waals surface area contributed by atoms with Crippen LogP contribution in [0.5, 0.6) is 0 Å². The third kappa shape index (κ3) is 2.41. The highest BCUT2D eigenvalue weighted by Gasteiger charge is 2.03.